The second-order valence-corrected chi connectivity index (χ2v) is 7.52. The summed E-state index contributed by atoms with van der Waals surface area (Å²) in [6, 6.07) is 8.83. The van der Waals surface area contributed by atoms with Crippen molar-refractivity contribution in [2.75, 3.05) is 20.6 Å². The van der Waals surface area contributed by atoms with Gasteiger partial charge in [0.1, 0.15) is 0 Å². The smallest absolute Gasteiger partial charge is 0.240 e. The summed E-state index contributed by atoms with van der Waals surface area (Å²) in [7, 11) is 3.70. The number of furan rings is 1. The zero-order valence-corrected chi connectivity index (χ0v) is 16.3. The first-order valence-corrected chi connectivity index (χ1v) is 9.30. The Labute approximate surface area is 164 Å². The number of amides is 2. The van der Waals surface area contributed by atoms with Gasteiger partial charge in [-0.2, -0.15) is 0 Å². The minimum atomic E-state index is -0.234. The van der Waals surface area contributed by atoms with Crippen molar-refractivity contribution in [3.63, 3.8) is 0 Å². The van der Waals surface area contributed by atoms with Crippen LogP contribution in [0.4, 0.5) is 0 Å². The predicted octanol–water partition coefficient (Wildman–Crippen LogP) is 2.32. The molecule has 2 amide bonds. The third-order valence-electron chi connectivity index (χ3n) is 4.85. The van der Waals surface area contributed by atoms with Crippen molar-refractivity contribution in [1.82, 2.24) is 15.1 Å². The van der Waals surface area contributed by atoms with Crippen molar-refractivity contribution in [2.24, 2.45) is 0 Å². The van der Waals surface area contributed by atoms with Crippen LogP contribution in [0.3, 0.4) is 0 Å². The van der Waals surface area contributed by atoms with Gasteiger partial charge in [0.15, 0.2) is 0 Å². The largest absolute Gasteiger partial charge is 0.472 e. The molecule has 2 heterocycles. The molecule has 3 rings (SSSR count). The first-order chi connectivity index (χ1) is 12.9. The van der Waals surface area contributed by atoms with Gasteiger partial charge >= 0.3 is 0 Å². The van der Waals surface area contributed by atoms with E-state index in [4.69, 9.17) is 16.0 Å². The molecule has 0 aliphatic carbocycles. The average Bonchev–Trinajstić information content (AvgIpc) is 3.25. The van der Waals surface area contributed by atoms with Crippen LogP contribution in [0.1, 0.15) is 17.5 Å². The summed E-state index contributed by atoms with van der Waals surface area (Å²) in [4.78, 5) is 28.8. The number of nitrogens with zero attached hydrogens (tertiary/aromatic N) is 2. The van der Waals surface area contributed by atoms with E-state index < -0.39 is 0 Å². The minimum Gasteiger partial charge on any atom is -0.472 e. The highest BCUT2D eigenvalue weighted by molar-refractivity contribution is 6.30. The SMILES string of the molecule is CN(Cc1ccoc1)C(=O)[C@@H]1C[C@H](NC(=O)Cc2ccc(Cl)cc2)CN1C. The second kappa shape index (κ2) is 8.59. The van der Waals surface area contributed by atoms with Crippen LogP contribution in [-0.4, -0.2) is 54.3 Å². The number of hydrogen-bond acceptors (Lipinski definition) is 4. The van der Waals surface area contributed by atoms with E-state index in [0.717, 1.165) is 11.1 Å². The van der Waals surface area contributed by atoms with E-state index in [0.29, 0.717) is 31.0 Å². The Hall–Kier alpha value is -2.31. The Balaban J connectivity index is 1.51. The van der Waals surface area contributed by atoms with Gasteiger partial charge in [-0.15, -0.1) is 0 Å². The van der Waals surface area contributed by atoms with Crippen molar-refractivity contribution in [1.29, 1.82) is 0 Å². The molecule has 1 N–H and O–H groups in total. The Kier molecular flexibility index (Phi) is 6.19. The number of benzene rings is 1. The maximum absolute atomic E-state index is 12.8. The van der Waals surface area contributed by atoms with Crippen molar-refractivity contribution >= 4 is 23.4 Å². The fraction of sp³-hybridized carbons (Fsp3) is 0.400. The van der Waals surface area contributed by atoms with E-state index in [1.54, 1.807) is 36.6 Å². The average molecular weight is 390 g/mol. The Bertz CT molecular complexity index is 776. The van der Waals surface area contributed by atoms with Crippen LogP contribution in [0.15, 0.2) is 47.3 Å². The standard InChI is InChI=1S/C20H24ClN3O3/c1-23-12-17(22-19(25)9-14-3-5-16(21)6-4-14)10-18(23)20(26)24(2)11-15-7-8-27-13-15/h3-8,13,17-18H,9-12H2,1-2H3,(H,22,25)/t17-,18-/m0/s1. The summed E-state index contributed by atoms with van der Waals surface area (Å²) < 4.78 is 5.05. The van der Waals surface area contributed by atoms with E-state index in [1.165, 1.54) is 0 Å². The number of likely N-dealkylation sites (N-methyl/N-ethyl adjacent to an activating group) is 2. The maximum Gasteiger partial charge on any atom is 0.240 e. The number of halogens is 1. The van der Waals surface area contributed by atoms with Crippen molar-refractivity contribution < 1.29 is 14.0 Å². The van der Waals surface area contributed by atoms with E-state index >= 15 is 0 Å². The number of likely N-dealkylation sites (tertiary alicyclic amines) is 1. The van der Waals surface area contributed by atoms with Gasteiger partial charge in [0.2, 0.25) is 11.8 Å². The summed E-state index contributed by atoms with van der Waals surface area (Å²) >= 11 is 5.87. The molecule has 1 fully saturated rings. The fourth-order valence-corrected chi connectivity index (χ4v) is 3.57. The first-order valence-electron chi connectivity index (χ1n) is 8.92. The van der Waals surface area contributed by atoms with Crippen LogP contribution in [-0.2, 0) is 22.6 Å². The van der Waals surface area contributed by atoms with E-state index in [-0.39, 0.29) is 23.9 Å². The van der Waals surface area contributed by atoms with Crippen LogP contribution < -0.4 is 5.32 Å². The molecule has 0 saturated carbocycles. The lowest BCUT2D eigenvalue weighted by molar-refractivity contribution is -0.134. The normalized spacial score (nSPS) is 19.8. The number of carbonyl (C=O) groups is 2. The molecular formula is C20H24ClN3O3. The summed E-state index contributed by atoms with van der Waals surface area (Å²) in [5, 5.41) is 3.69. The molecule has 27 heavy (non-hydrogen) atoms. The minimum absolute atomic E-state index is 0.0360. The third-order valence-corrected chi connectivity index (χ3v) is 5.10. The molecule has 144 valence electrons. The summed E-state index contributed by atoms with van der Waals surface area (Å²) in [6.07, 6.45) is 4.15. The Morgan fingerprint density at radius 1 is 1.26 bits per heavy atom. The van der Waals surface area contributed by atoms with Gasteiger partial charge < -0.3 is 14.6 Å². The molecule has 2 atom stereocenters. The topological polar surface area (TPSA) is 65.8 Å². The lowest BCUT2D eigenvalue weighted by atomic mass is 10.1. The van der Waals surface area contributed by atoms with Gasteiger partial charge in [-0.25, -0.2) is 0 Å². The molecule has 6 nitrogen and oxygen atoms in total. The highest BCUT2D eigenvalue weighted by atomic mass is 35.5. The van der Waals surface area contributed by atoms with Gasteiger partial charge in [0.05, 0.1) is 25.0 Å². The number of nitrogens with one attached hydrogen (secondary N) is 1. The molecule has 1 saturated heterocycles. The first kappa shape index (κ1) is 19.5. The van der Waals surface area contributed by atoms with E-state index in [1.807, 2.05) is 30.1 Å². The number of rotatable bonds is 6. The zero-order chi connectivity index (χ0) is 19.4. The van der Waals surface area contributed by atoms with Gasteiger partial charge in [-0.3, -0.25) is 14.5 Å². The zero-order valence-electron chi connectivity index (χ0n) is 15.5. The summed E-state index contributed by atoms with van der Waals surface area (Å²) in [5.41, 5.74) is 1.87. The molecule has 1 aromatic heterocycles. The molecule has 2 aromatic rings. The van der Waals surface area contributed by atoms with E-state index in [2.05, 4.69) is 5.32 Å². The monoisotopic (exact) mass is 389 g/mol. The number of hydrogen-bond donors (Lipinski definition) is 1. The van der Waals surface area contributed by atoms with Crippen LogP contribution in [0.5, 0.6) is 0 Å². The molecule has 0 unspecified atom stereocenters. The summed E-state index contributed by atoms with van der Waals surface area (Å²) in [6.45, 7) is 1.16. The third kappa shape index (κ3) is 5.11. The number of carbonyl (C=O) groups excluding carboxylic acids is 2. The molecular weight excluding hydrogens is 366 g/mol. The lowest BCUT2D eigenvalue weighted by Crippen LogP contribution is -2.42. The highest BCUT2D eigenvalue weighted by Crippen LogP contribution is 2.19. The summed E-state index contributed by atoms with van der Waals surface area (Å²) in [5.74, 6) is 0.00345. The van der Waals surface area contributed by atoms with Crippen molar-refractivity contribution in [3.05, 3.63) is 59.0 Å². The quantitative estimate of drug-likeness (QED) is 0.823. The molecule has 0 radical (unpaired) electrons. The molecule has 0 spiro atoms. The van der Waals surface area contributed by atoms with Crippen LogP contribution in [0, 0.1) is 0 Å². The van der Waals surface area contributed by atoms with Gasteiger partial charge in [0.25, 0.3) is 0 Å². The highest BCUT2D eigenvalue weighted by Gasteiger charge is 2.36. The fourth-order valence-electron chi connectivity index (χ4n) is 3.45. The Morgan fingerprint density at radius 3 is 2.67 bits per heavy atom. The van der Waals surface area contributed by atoms with E-state index in [9.17, 15) is 9.59 Å². The van der Waals surface area contributed by atoms with Crippen LogP contribution in [0.25, 0.3) is 0 Å². The van der Waals surface area contributed by atoms with Gasteiger partial charge in [-0.1, -0.05) is 23.7 Å². The second-order valence-electron chi connectivity index (χ2n) is 7.08. The van der Waals surface area contributed by atoms with Crippen LogP contribution in [0.2, 0.25) is 5.02 Å². The molecule has 1 aliphatic rings. The molecule has 1 aromatic carbocycles. The maximum atomic E-state index is 12.8. The lowest BCUT2D eigenvalue weighted by Gasteiger charge is -2.24. The van der Waals surface area contributed by atoms with Crippen LogP contribution >= 0.6 is 11.6 Å². The van der Waals surface area contributed by atoms with Gasteiger partial charge in [-0.05, 0) is 37.2 Å². The molecule has 0 bridgehead atoms. The molecule has 1 aliphatic heterocycles. The molecule has 7 heteroatoms. The van der Waals surface area contributed by atoms with Gasteiger partial charge in [0, 0.05) is 36.8 Å². The van der Waals surface area contributed by atoms with Crippen molar-refractivity contribution in [2.45, 2.75) is 31.5 Å². The Morgan fingerprint density at radius 2 is 2.00 bits per heavy atom. The van der Waals surface area contributed by atoms with Crippen molar-refractivity contribution in [3.8, 4) is 0 Å². The predicted molar refractivity (Wildman–Crippen MR) is 103 cm³/mol.